The molecule has 0 radical (unpaired) electrons. The summed E-state index contributed by atoms with van der Waals surface area (Å²) < 4.78 is 0. The number of hydrogen-bond donors (Lipinski definition) is 1. The molecule has 6 heteroatoms. The third-order valence-electron chi connectivity index (χ3n) is 4.10. The fraction of sp³-hybridized carbons (Fsp3) is 0.0909. The van der Waals surface area contributed by atoms with Crippen molar-refractivity contribution in [3.8, 4) is 0 Å². The van der Waals surface area contributed by atoms with E-state index in [1.54, 1.807) is 42.3 Å². The van der Waals surface area contributed by atoms with E-state index >= 15 is 0 Å². The van der Waals surface area contributed by atoms with E-state index in [1.807, 2.05) is 30.3 Å². The number of carbonyl (C=O) groups excluding carboxylic acids is 2. The molecule has 3 aromatic carbocycles. The smallest absolute Gasteiger partial charge is 0.255 e. The van der Waals surface area contributed by atoms with Crippen molar-refractivity contribution in [1.29, 1.82) is 0 Å². The maximum atomic E-state index is 12.7. The number of halogens is 2. The van der Waals surface area contributed by atoms with Crippen LogP contribution in [0.4, 0.5) is 5.69 Å². The molecule has 0 bridgehead atoms. The molecule has 0 atom stereocenters. The Hall–Kier alpha value is -2.82. The quantitative estimate of drug-likeness (QED) is 0.599. The van der Waals surface area contributed by atoms with Crippen LogP contribution in [0.1, 0.15) is 26.3 Å². The first-order valence-electron chi connectivity index (χ1n) is 8.59. The van der Waals surface area contributed by atoms with Gasteiger partial charge in [-0.05, 0) is 42.0 Å². The molecule has 1 N–H and O–H groups in total. The Morgan fingerprint density at radius 1 is 0.857 bits per heavy atom. The molecule has 2 amide bonds. The Bertz CT molecular complexity index is 986. The predicted octanol–water partition coefficient (Wildman–Crippen LogP) is 5.52. The summed E-state index contributed by atoms with van der Waals surface area (Å²) in [5, 5.41) is 3.53. The normalized spacial score (nSPS) is 10.4. The summed E-state index contributed by atoms with van der Waals surface area (Å²) in [7, 11) is 1.74. The maximum absolute atomic E-state index is 12.7. The van der Waals surface area contributed by atoms with Crippen LogP contribution < -0.4 is 5.32 Å². The molecule has 4 nitrogen and oxygen atoms in total. The Balaban J connectivity index is 1.72. The lowest BCUT2D eigenvalue weighted by atomic mass is 10.1. The maximum Gasteiger partial charge on any atom is 0.255 e. The third kappa shape index (κ3) is 5.12. The Morgan fingerprint density at radius 2 is 1.54 bits per heavy atom. The van der Waals surface area contributed by atoms with Gasteiger partial charge in [-0.3, -0.25) is 9.59 Å². The molecule has 0 heterocycles. The van der Waals surface area contributed by atoms with Crippen LogP contribution in [0.15, 0.2) is 72.8 Å². The zero-order chi connectivity index (χ0) is 20.1. The van der Waals surface area contributed by atoms with Gasteiger partial charge in [-0.2, -0.15) is 0 Å². The molecule has 3 rings (SSSR count). The first-order chi connectivity index (χ1) is 13.4. The number of hydrogen-bond acceptors (Lipinski definition) is 2. The van der Waals surface area contributed by atoms with Crippen molar-refractivity contribution in [2.45, 2.75) is 6.54 Å². The lowest BCUT2D eigenvalue weighted by Crippen LogP contribution is -2.26. The number of nitrogens with zero attached hydrogens (tertiary/aromatic N) is 1. The summed E-state index contributed by atoms with van der Waals surface area (Å²) in [6.07, 6.45) is 0. The van der Waals surface area contributed by atoms with Crippen molar-refractivity contribution >= 4 is 40.7 Å². The van der Waals surface area contributed by atoms with Crippen molar-refractivity contribution in [1.82, 2.24) is 4.90 Å². The molecular formula is C22H18Cl2N2O2. The zero-order valence-electron chi connectivity index (χ0n) is 15.2. The van der Waals surface area contributed by atoms with Crippen LogP contribution in [-0.2, 0) is 6.54 Å². The lowest BCUT2D eigenvalue weighted by molar-refractivity contribution is 0.0784. The molecule has 28 heavy (non-hydrogen) atoms. The van der Waals surface area contributed by atoms with Crippen LogP contribution in [0.25, 0.3) is 0 Å². The van der Waals surface area contributed by atoms with E-state index in [1.165, 1.54) is 12.1 Å². The highest BCUT2D eigenvalue weighted by molar-refractivity contribution is 6.35. The highest BCUT2D eigenvalue weighted by Gasteiger charge is 2.14. The minimum atomic E-state index is -0.355. The fourth-order valence-corrected chi connectivity index (χ4v) is 3.29. The highest BCUT2D eigenvalue weighted by Crippen LogP contribution is 2.21. The summed E-state index contributed by atoms with van der Waals surface area (Å²) in [5.74, 6) is -0.489. The second-order valence-corrected chi connectivity index (χ2v) is 7.21. The first kappa shape index (κ1) is 19.9. The van der Waals surface area contributed by atoms with E-state index in [0.29, 0.717) is 33.4 Å². The number of amides is 2. The molecule has 0 saturated heterocycles. The van der Waals surface area contributed by atoms with Crippen molar-refractivity contribution in [2.24, 2.45) is 0 Å². The van der Waals surface area contributed by atoms with Gasteiger partial charge in [0, 0.05) is 40.5 Å². The molecule has 0 unspecified atom stereocenters. The second kappa shape index (κ2) is 8.91. The van der Waals surface area contributed by atoms with Gasteiger partial charge >= 0.3 is 0 Å². The molecule has 0 aromatic heterocycles. The summed E-state index contributed by atoms with van der Waals surface area (Å²) in [6, 6.07) is 21.2. The average Bonchev–Trinajstić information content (AvgIpc) is 2.67. The topological polar surface area (TPSA) is 49.4 Å². The van der Waals surface area contributed by atoms with E-state index in [0.717, 1.165) is 5.56 Å². The molecule has 0 spiro atoms. The van der Waals surface area contributed by atoms with Gasteiger partial charge in [0.2, 0.25) is 0 Å². The number of carbonyl (C=O) groups is 2. The first-order valence-corrected chi connectivity index (χ1v) is 9.35. The van der Waals surface area contributed by atoms with Crippen molar-refractivity contribution in [3.63, 3.8) is 0 Å². The number of nitrogens with one attached hydrogen (secondary N) is 1. The van der Waals surface area contributed by atoms with Crippen LogP contribution >= 0.6 is 23.2 Å². The number of anilines is 1. The van der Waals surface area contributed by atoms with Gasteiger partial charge in [-0.1, -0.05) is 59.6 Å². The lowest BCUT2D eigenvalue weighted by Gasteiger charge is -2.18. The van der Waals surface area contributed by atoms with Crippen LogP contribution in [0.5, 0.6) is 0 Å². The largest absolute Gasteiger partial charge is 0.337 e. The van der Waals surface area contributed by atoms with Crippen molar-refractivity contribution in [3.05, 3.63) is 99.5 Å². The molecule has 142 valence electrons. The number of rotatable bonds is 5. The molecule has 3 aromatic rings. The van der Waals surface area contributed by atoms with Crippen LogP contribution in [0.3, 0.4) is 0 Å². The van der Waals surface area contributed by atoms with E-state index < -0.39 is 0 Å². The Morgan fingerprint density at radius 3 is 2.21 bits per heavy atom. The van der Waals surface area contributed by atoms with Crippen LogP contribution in [0.2, 0.25) is 10.0 Å². The van der Waals surface area contributed by atoms with Gasteiger partial charge in [0.05, 0.1) is 0 Å². The zero-order valence-corrected chi connectivity index (χ0v) is 16.7. The van der Waals surface area contributed by atoms with E-state index in [-0.39, 0.29) is 11.8 Å². The summed E-state index contributed by atoms with van der Waals surface area (Å²) in [5.41, 5.74) is 2.39. The molecular weight excluding hydrogens is 395 g/mol. The van der Waals surface area contributed by atoms with E-state index in [2.05, 4.69) is 5.32 Å². The predicted molar refractivity (Wildman–Crippen MR) is 113 cm³/mol. The fourth-order valence-electron chi connectivity index (χ4n) is 2.77. The van der Waals surface area contributed by atoms with Gasteiger partial charge in [-0.25, -0.2) is 0 Å². The van der Waals surface area contributed by atoms with Crippen LogP contribution in [0, 0.1) is 0 Å². The van der Waals surface area contributed by atoms with E-state index in [9.17, 15) is 9.59 Å². The van der Waals surface area contributed by atoms with Gasteiger partial charge in [0.25, 0.3) is 11.8 Å². The molecule has 0 aliphatic rings. The molecule has 0 aliphatic heterocycles. The van der Waals surface area contributed by atoms with Gasteiger partial charge in [-0.15, -0.1) is 0 Å². The molecule has 0 saturated carbocycles. The van der Waals surface area contributed by atoms with Crippen molar-refractivity contribution < 1.29 is 9.59 Å². The van der Waals surface area contributed by atoms with Crippen molar-refractivity contribution in [2.75, 3.05) is 12.4 Å². The van der Waals surface area contributed by atoms with Gasteiger partial charge in [0.15, 0.2) is 0 Å². The second-order valence-electron chi connectivity index (χ2n) is 6.34. The monoisotopic (exact) mass is 412 g/mol. The summed E-state index contributed by atoms with van der Waals surface area (Å²) in [6.45, 7) is 0.497. The van der Waals surface area contributed by atoms with Gasteiger partial charge in [0.1, 0.15) is 0 Å². The number of benzene rings is 3. The molecule has 0 fully saturated rings. The SMILES string of the molecule is CN(Cc1ccccc1)C(=O)c1cccc(NC(=O)c2cc(Cl)cc(Cl)c2)c1. The van der Waals surface area contributed by atoms with Gasteiger partial charge < -0.3 is 10.2 Å². The summed E-state index contributed by atoms with van der Waals surface area (Å²) >= 11 is 11.9. The average molecular weight is 413 g/mol. The minimum absolute atomic E-state index is 0.134. The highest BCUT2D eigenvalue weighted by atomic mass is 35.5. The minimum Gasteiger partial charge on any atom is -0.337 e. The Kier molecular flexibility index (Phi) is 6.34. The molecule has 0 aliphatic carbocycles. The Labute approximate surface area is 173 Å². The van der Waals surface area contributed by atoms with E-state index in [4.69, 9.17) is 23.2 Å². The summed E-state index contributed by atoms with van der Waals surface area (Å²) in [4.78, 5) is 26.8. The van der Waals surface area contributed by atoms with Crippen LogP contribution in [-0.4, -0.2) is 23.8 Å². The third-order valence-corrected chi connectivity index (χ3v) is 4.54. The standard InChI is InChI=1S/C22H18Cl2N2O2/c1-26(14-15-6-3-2-4-7-15)22(28)16-8-5-9-20(12-16)25-21(27)17-10-18(23)13-19(24)11-17/h2-13H,14H2,1H3,(H,25,27).